The van der Waals surface area contributed by atoms with E-state index in [0.717, 1.165) is 22.3 Å². The maximum absolute atomic E-state index is 10.8. The van der Waals surface area contributed by atoms with Crippen LogP contribution in [0.3, 0.4) is 0 Å². The molecule has 4 aromatic heterocycles. The Kier molecular flexibility index (Phi) is 19.5. The number of pyridine rings is 4. The van der Waals surface area contributed by atoms with Crippen LogP contribution in [0.1, 0.15) is 0 Å². The summed E-state index contributed by atoms with van der Waals surface area (Å²) in [4.78, 5) is 43.2. The minimum atomic E-state index is -0.380. The first-order chi connectivity index (χ1) is 19.1. The molecule has 0 saturated carbocycles. The van der Waals surface area contributed by atoms with Gasteiger partial charge >= 0.3 is 0 Å². The number of nitrogens with zero attached hydrogens (tertiary/aromatic N) is 4. The molecule has 0 aliphatic carbocycles. The van der Waals surface area contributed by atoms with Gasteiger partial charge in [0.1, 0.15) is 0 Å². The maximum Gasteiger partial charge on any atom is 0.283 e. The van der Waals surface area contributed by atoms with Gasteiger partial charge in [-0.2, -0.15) is 18.3 Å². The molecule has 0 saturated heterocycles. The smallest absolute Gasteiger partial charge is 0.283 e. The van der Waals surface area contributed by atoms with Gasteiger partial charge in [0.25, 0.3) is 23.6 Å². The zero-order valence-corrected chi connectivity index (χ0v) is 26.3. The summed E-state index contributed by atoms with van der Waals surface area (Å²) in [7, 11) is 0. The molecule has 0 spiro atoms. The topological polar surface area (TPSA) is 188 Å². The van der Waals surface area contributed by atoms with Gasteiger partial charge in [0.15, 0.2) is 49.6 Å². The van der Waals surface area contributed by atoms with Gasteiger partial charge in [0.2, 0.25) is 26.2 Å². The molecule has 4 aromatic rings. The van der Waals surface area contributed by atoms with E-state index in [1.165, 1.54) is 0 Å². The van der Waals surface area contributed by atoms with E-state index in [1.54, 1.807) is 67.8 Å². The summed E-state index contributed by atoms with van der Waals surface area (Å²) in [5, 5.41) is 0. The van der Waals surface area contributed by atoms with Crippen LogP contribution in [-0.4, -0.2) is 23.6 Å². The highest BCUT2D eigenvalue weighted by molar-refractivity contribution is 5.73. The van der Waals surface area contributed by atoms with Gasteiger partial charge in [-0.1, -0.05) is 0 Å². The summed E-state index contributed by atoms with van der Waals surface area (Å²) in [6.07, 6.45) is 14.4. The lowest BCUT2D eigenvalue weighted by molar-refractivity contribution is -0.684. The van der Waals surface area contributed by atoms with E-state index in [4.69, 9.17) is 22.9 Å². The molecular formula is C28H32Cl4N8O4. The van der Waals surface area contributed by atoms with Gasteiger partial charge in [-0.05, 0) is 22.3 Å². The van der Waals surface area contributed by atoms with Crippen LogP contribution in [0.15, 0.2) is 98.1 Å². The summed E-state index contributed by atoms with van der Waals surface area (Å²) in [6, 6.07) is 15.2. The SMILES string of the molecule is NC(=O)C[n+]1ccc(-c2cc[n+](CC(N)=O)cc2)cc1.NC(=O)C[n+]1ccc(-c2cc[n+](CC(N)=O)cc2)cc1.[Cl-].[Cl-].[Cl-].[Cl-]. The average molecular weight is 686 g/mol. The van der Waals surface area contributed by atoms with Crippen LogP contribution in [0.25, 0.3) is 22.3 Å². The van der Waals surface area contributed by atoms with Crippen molar-refractivity contribution in [2.45, 2.75) is 26.2 Å². The summed E-state index contributed by atoms with van der Waals surface area (Å²) >= 11 is 0. The second kappa shape index (κ2) is 20.5. The fourth-order valence-corrected chi connectivity index (χ4v) is 3.74. The number of amides is 4. The van der Waals surface area contributed by atoms with E-state index in [9.17, 15) is 19.2 Å². The molecule has 4 heterocycles. The highest BCUT2D eigenvalue weighted by Gasteiger charge is 2.10. The summed E-state index contributed by atoms with van der Waals surface area (Å²) in [5.74, 6) is -1.52. The predicted octanol–water partition coefficient (Wildman–Crippen LogP) is -14.2. The molecule has 4 amide bonds. The quantitative estimate of drug-likeness (QED) is 0.121. The van der Waals surface area contributed by atoms with Crippen molar-refractivity contribution in [3.05, 3.63) is 98.1 Å². The molecule has 12 nitrogen and oxygen atoms in total. The highest BCUT2D eigenvalue weighted by Crippen LogP contribution is 2.16. The Labute approximate surface area is 279 Å². The fraction of sp³-hybridized carbons (Fsp3) is 0.143. The van der Waals surface area contributed by atoms with E-state index < -0.39 is 0 Å². The number of halogens is 4. The number of carbonyl (C=O) groups is 4. The van der Waals surface area contributed by atoms with E-state index in [1.807, 2.05) is 48.5 Å². The van der Waals surface area contributed by atoms with Crippen molar-refractivity contribution < 1.29 is 87.1 Å². The molecule has 236 valence electrons. The zero-order valence-electron chi connectivity index (χ0n) is 23.3. The molecule has 8 N–H and O–H groups in total. The van der Waals surface area contributed by atoms with E-state index >= 15 is 0 Å². The third-order valence-electron chi connectivity index (χ3n) is 5.58. The molecule has 0 fully saturated rings. The van der Waals surface area contributed by atoms with Crippen molar-refractivity contribution >= 4 is 23.6 Å². The second-order valence-electron chi connectivity index (χ2n) is 8.90. The molecule has 0 aliphatic rings. The second-order valence-corrected chi connectivity index (χ2v) is 8.90. The summed E-state index contributed by atoms with van der Waals surface area (Å²) in [5.41, 5.74) is 24.6. The Balaban J connectivity index is 0. The molecule has 16 heteroatoms. The molecule has 4 rings (SSSR count). The molecular weight excluding hydrogens is 654 g/mol. The van der Waals surface area contributed by atoms with Crippen LogP contribution in [0.5, 0.6) is 0 Å². The Morgan fingerprint density at radius 2 is 0.500 bits per heavy atom. The average Bonchev–Trinajstić information content (AvgIpc) is 2.90. The zero-order chi connectivity index (χ0) is 29.1. The number of nitrogens with two attached hydrogens (primary N) is 4. The van der Waals surface area contributed by atoms with E-state index in [-0.39, 0.29) is 99.4 Å². The maximum atomic E-state index is 10.8. The molecule has 0 aromatic carbocycles. The lowest BCUT2D eigenvalue weighted by atomic mass is 10.1. The minimum Gasteiger partial charge on any atom is -1.00 e. The van der Waals surface area contributed by atoms with Gasteiger partial charge in [-0.15, -0.1) is 0 Å². The molecule has 0 bridgehead atoms. The lowest BCUT2D eigenvalue weighted by Crippen LogP contribution is -3.00. The normalized spacial score (nSPS) is 9.27. The highest BCUT2D eigenvalue weighted by atomic mass is 35.5. The Morgan fingerprint density at radius 3 is 0.614 bits per heavy atom. The third kappa shape index (κ3) is 14.2. The van der Waals surface area contributed by atoms with E-state index in [2.05, 4.69) is 0 Å². The Hall–Kier alpha value is -4.36. The number of carbonyl (C=O) groups excluding carboxylic acids is 4. The number of primary amides is 4. The van der Waals surface area contributed by atoms with Crippen molar-refractivity contribution in [1.82, 2.24) is 0 Å². The predicted molar refractivity (Wildman–Crippen MR) is 141 cm³/mol. The first kappa shape index (κ1) is 41.8. The van der Waals surface area contributed by atoms with E-state index in [0.29, 0.717) is 0 Å². The number of hydrogen-bond acceptors (Lipinski definition) is 4. The molecule has 0 aliphatic heterocycles. The van der Waals surface area contributed by atoms with Gasteiger partial charge in [-0.3, -0.25) is 19.2 Å². The van der Waals surface area contributed by atoms with Crippen molar-refractivity contribution in [1.29, 1.82) is 0 Å². The van der Waals surface area contributed by atoms with Crippen LogP contribution in [0.4, 0.5) is 0 Å². The summed E-state index contributed by atoms with van der Waals surface area (Å²) < 4.78 is 6.84. The Morgan fingerprint density at radius 1 is 0.364 bits per heavy atom. The molecule has 0 radical (unpaired) electrons. The van der Waals surface area contributed by atoms with Gasteiger partial charge in [0, 0.05) is 48.5 Å². The van der Waals surface area contributed by atoms with Crippen molar-refractivity contribution in [3.8, 4) is 22.3 Å². The first-order valence-electron chi connectivity index (χ1n) is 12.2. The minimum absolute atomic E-state index is 0. The first-order valence-corrected chi connectivity index (χ1v) is 12.2. The van der Waals surface area contributed by atoms with Crippen molar-refractivity contribution in [2.24, 2.45) is 22.9 Å². The van der Waals surface area contributed by atoms with Crippen LogP contribution in [0.2, 0.25) is 0 Å². The molecule has 0 atom stereocenters. The largest absolute Gasteiger partial charge is 1.00 e. The van der Waals surface area contributed by atoms with Gasteiger partial charge in [0.05, 0.1) is 0 Å². The number of aromatic nitrogens is 4. The van der Waals surface area contributed by atoms with Crippen LogP contribution in [-0.2, 0) is 45.4 Å². The van der Waals surface area contributed by atoms with Crippen LogP contribution in [0, 0.1) is 0 Å². The summed E-state index contributed by atoms with van der Waals surface area (Å²) in [6.45, 7) is 0.642. The number of rotatable bonds is 10. The van der Waals surface area contributed by atoms with Gasteiger partial charge in [-0.25, -0.2) is 0 Å². The van der Waals surface area contributed by atoms with Crippen LogP contribution >= 0.6 is 0 Å². The van der Waals surface area contributed by atoms with Crippen molar-refractivity contribution in [3.63, 3.8) is 0 Å². The monoisotopic (exact) mass is 684 g/mol. The van der Waals surface area contributed by atoms with Gasteiger partial charge < -0.3 is 72.6 Å². The fourth-order valence-electron chi connectivity index (χ4n) is 3.74. The number of hydrogen-bond donors (Lipinski definition) is 4. The lowest BCUT2D eigenvalue weighted by Gasteiger charge is -2.00. The van der Waals surface area contributed by atoms with Crippen molar-refractivity contribution in [2.75, 3.05) is 0 Å². The van der Waals surface area contributed by atoms with Crippen LogP contribution < -0.4 is 90.8 Å². The molecule has 44 heavy (non-hydrogen) atoms. The Bertz CT molecular complexity index is 1260. The standard InChI is InChI=1S/2C14H14N4O2.4ClH/c2*15-13(19)9-17-5-1-11(2-6-17)12-3-7-18(8-4-12)10-14(16)20;;;;/h2*1-8H,9-10H2,(H2-2,15,16,19,20);4*1H. The molecule has 0 unspecified atom stereocenters. The third-order valence-corrected chi connectivity index (χ3v) is 5.58.